The molecule has 0 saturated carbocycles. The minimum absolute atomic E-state index is 0.0132. The highest BCUT2D eigenvalue weighted by Crippen LogP contribution is 2.29. The summed E-state index contributed by atoms with van der Waals surface area (Å²) in [6.07, 6.45) is 3.07. The van der Waals surface area contributed by atoms with Gasteiger partial charge in [-0.25, -0.2) is 13.4 Å². The Labute approximate surface area is 150 Å². The molecule has 3 aromatic rings. The first-order chi connectivity index (χ1) is 10.9. The van der Waals surface area contributed by atoms with E-state index in [-0.39, 0.29) is 20.8 Å². The van der Waals surface area contributed by atoms with Crippen LogP contribution in [0.2, 0.25) is 10.0 Å². The van der Waals surface area contributed by atoms with Gasteiger partial charge in [0.1, 0.15) is 5.52 Å². The van der Waals surface area contributed by atoms with Crippen molar-refractivity contribution in [2.45, 2.75) is 4.90 Å². The maximum Gasteiger partial charge on any atom is 0.263 e. The number of anilines is 1. The van der Waals surface area contributed by atoms with Crippen molar-refractivity contribution < 1.29 is 8.42 Å². The van der Waals surface area contributed by atoms with Crippen molar-refractivity contribution in [3.8, 4) is 0 Å². The number of pyridine rings is 2. The first kappa shape index (κ1) is 16.4. The fourth-order valence-electron chi connectivity index (χ4n) is 1.94. The lowest BCUT2D eigenvalue weighted by molar-refractivity contribution is 0.601. The van der Waals surface area contributed by atoms with Crippen LogP contribution in [-0.4, -0.2) is 18.4 Å². The van der Waals surface area contributed by atoms with Gasteiger partial charge in [0.25, 0.3) is 10.0 Å². The Balaban J connectivity index is 2.07. The largest absolute Gasteiger partial charge is 0.263 e. The highest BCUT2D eigenvalue weighted by molar-refractivity contribution is 9.10. The first-order valence-corrected chi connectivity index (χ1v) is 9.29. The smallest absolute Gasteiger partial charge is 0.262 e. The number of nitrogens with one attached hydrogen (secondary N) is 1. The van der Waals surface area contributed by atoms with E-state index in [0.717, 1.165) is 9.86 Å². The molecule has 0 spiro atoms. The van der Waals surface area contributed by atoms with Gasteiger partial charge in [-0.15, -0.1) is 0 Å². The third kappa shape index (κ3) is 3.28. The quantitative estimate of drug-likeness (QED) is 0.661. The summed E-state index contributed by atoms with van der Waals surface area (Å²) in [6.45, 7) is 0. The van der Waals surface area contributed by atoms with Gasteiger partial charge >= 0.3 is 0 Å². The van der Waals surface area contributed by atoms with Crippen LogP contribution in [0, 0.1) is 0 Å². The summed E-state index contributed by atoms with van der Waals surface area (Å²) in [5, 5.41) is 1.18. The fraction of sp³-hybridized carbons (Fsp3) is 0. The summed E-state index contributed by atoms with van der Waals surface area (Å²) in [7, 11) is -3.87. The zero-order valence-corrected chi connectivity index (χ0v) is 15.2. The lowest BCUT2D eigenvalue weighted by Crippen LogP contribution is -2.14. The van der Waals surface area contributed by atoms with Gasteiger partial charge in [0, 0.05) is 22.3 Å². The Morgan fingerprint density at radius 1 is 1.09 bits per heavy atom. The molecular formula is C14H8BrCl2N3O2S. The van der Waals surface area contributed by atoms with Crippen molar-refractivity contribution in [3.63, 3.8) is 0 Å². The van der Waals surface area contributed by atoms with Crippen LogP contribution < -0.4 is 4.72 Å². The maximum atomic E-state index is 12.5. The van der Waals surface area contributed by atoms with Gasteiger partial charge in [0.15, 0.2) is 5.82 Å². The number of rotatable bonds is 3. The maximum absolute atomic E-state index is 12.5. The average molecular weight is 433 g/mol. The molecule has 0 fully saturated rings. The van der Waals surface area contributed by atoms with Crippen LogP contribution in [0.25, 0.3) is 10.9 Å². The predicted molar refractivity (Wildman–Crippen MR) is 94.5 cm³/mol. The van der Waals surface area contributed by atoms with Gasteiger partial charge in [0.2, 0.25) is 0 Å². The number of nitrogens with zero attached hydrogens (tertiary/aromatic N) is 2. The molecule has 118 valence electrons. The van der Waals surface area contributed by atoms with Crippen LogP contribution in [0.3, 0.4) is 0 Å². The first-order valence-electron chi connectivity index (χ1n) is 6.25. The topological polar surface area (TPSA) is 72.0 Å². The molecule has 3 rings (SSSR count). The Hall–Kier alpha value is -1.41. The highest BCUT2D eigenvalue weighted by Gasteiger charge is 2.18. The number of fused-ring (bicyclic) bond motifs is 1. The van der Waals surface area contributed by atoms with E-state index in [1.165, 1.54) is 24.4 Å². The predicted octanol–water partition coefficient (Wildman–Crippen LogP) is 4.50. The molecule has 9 heteroatoms. The highest BCUT2D eigenvalue weighted by atomic mass is 79.9. The van der Waals surface area contributed by atoms with Crippen molar-refractivity contribution >= 4 is 65.9 Å². The summed E-state index contributed by atoms with van der Waals surface area (Å²) in [6, 6.07) is 7.63. The van der Waals surface area contributed by atoms with E-state index < -0.39 is 10.0 Å². The van der Waals surface area contributed by atoms with Crippen molar-refractivity contribution in [1.82, 2.24) is 9.97 Å². The van der Waals surface area contributed by atoms with Gasteiger partial charge < -0.3 is 0 Å². The van der Waals surface area contributed by atoms with E-state index >= 15 is 0 Å². The van der Waals surface area contributed by atoms with Crippen LogP contribution in [0.1, 0.15) is 0 Å². The molecule has 0 aliphatic rings. The Bertz CT molecular complexity index is 1010. The number of hydrogen-bond acceptors (Lipinski definition) is 4. The molecule has 5 nitrogen and oxygen atoms in total. The van der Waals surface area contributed by atoms with E-state index in [0.29, 0.717) is 5.52 Å². The SMILES string of the molecule is O=S(=O)(Nc1ncc(Br)c2cccnc12)c1ccc(Cl)c(Cl)c1. The van der Waals surface area contributed by atoms with Crippen LogP contribution in [-0.2, 0) is 10.0 Å². The molecule has 0 amide bonds. The molecular weight excluding hydrogens is 425 g/mol. The zero-order valence-electron chi connectivity index (χ0n) is 11.3. The molecule has 0 atom stereocenters. The molecule has 0 aliphatic heterocycles. The number of hydrogen-bond donors (Lipinski definition) is 1. The monoisotopic (exact) mass is 431 g/mol. The van der Waals surface area contributed by atoms with Gasteiger partial charge in [-0.2, -0.15) is 0 Å². The molecule has 2 aromatic heterocycles. The molecule has 0 saturated heterocycles. The molecule has 0 aliphatic carbocycles. The molecule has 23 heavy (non-hydrogen) atoms. The number of sulfonamides is 1. The molecule has 1 N–H and O–H groups in total. The molecule has 0 unspecified atom stereocenters. The molecule has 1 aromatic carbocycles. The van der Waals surface area contributed by atoms with Crippen LogP contribution in [0.4, 0.5) is 5.82 Å². The lowest BCUT2D eigenvalue weighted by atomic mass is 10.2. The van der Waals surface area contributed by atoms with Crippen LogP contribution in [0.15, 0.2) is 52.1 Å². The van der Waals surface area contributed by atoms with Gasteiger partial charge in [-0.05, 0) is 46.3 Å². The Morgan fingerprint density at radius 3 is 2.61 bits per heavy atom. The summed E-state index contributed by atoms with van der Waals surface area (Å²) >= 11 is 15.1. The number of aromatic nitrogens is 2. The van der Waals surface area contributed by atoms with Crippen LogP contribution in [0.5, 0.6) is 0 Å². The van der Waals surface area contributed by atoms with Gasteiger partial charge in [-0.3, -0.25) is 9.71 Å². The second-order valence-electron chi connectivity index (χ2n) is 4.54. The van der Waals surface area contributed by atoms with E-state index in [1.54, 1.807) is 12.3 Å². The second kappa shape index (κ2) is 6.24. The third-order valence-corrected chi connectivity index (χ3v) is 5.74. The number of benzene rings is 1. The molecule has 2 heterocycles. The van der Waals surface area contributed by atoms with Crippen molar-refractivity contribution in [2.24, 2.45) is 0 Å². The Kier molecular flexibility index (Phi) is 4.46. The zero-order chi connectivity index (χ0) is 16.6. The van der Waals surface area contributed by atoms with E-state index in [4.69, 9.17) is 23.2 Å². The van der Waals surface area contributed by atoms with Gasteiger partial charge in [0.05, 0.1) is 14.9 Å². The van der Waals surface area contributed by atoms with Gasteiger partial charge in [-0.1, -0.05) is 23.2 Å². The summed E-state index contributed by atoms with van der Waals surface area (Å²) in [5.74, 6) is 0.134. The van der Waals surface area contributed by atoms with Crippen molar-refractivity contribution in [3.05, 3.63) is 57.2 Å². The molecule has 0 radical (unpaired) electrons. The second-order valence-corrected chi connectivity index (χ2v) is 7.89. The Morgan fingerprint density at radius 2 is 1.87 bits per heavy atom. The summed E-state index contributed by atoms with van der Waals surface area (Å²) < 4.78 is 28.2. The summed E-state index contributed by atoms with van der Waals surface area (Å²) in [4.78, 5) is 8.27. The van der Waals surface area contributed by atoms with Crippen molar-refractivity contribution in [1.29, 1.82) is 0 Å². The lowest BCUT2D eigenvalue weighted by Gasteiger charge is -2.10. The van der Waals surface area contributed by atoms with Crippen LogP contribution >= 0.6 is 39.1 Å². The van der Waals surface area contributed by atoms with E-state index in [9.17, 15) is 8.42 Å². The minimum atomic E-state index is -3.87. The fourth-order valence-corrected chi connectivity index (χ4v) is 3.77. The molecule has 0 bridgehead atoms. The normalized spacial score (nSPS) is 11.6. The van der Waals surface area contributed by atoms with E-state index in [1.807, 2.05) is 6.07 Å². The minimum Gasteiger partial charge on any atom is -0.262 e. The van der Waals surface area contributed by atoms with Crippen molar-refractivity contribution in [2.75, 3.05) is 4.72 Å². The standard InChI is InChI=1S/C14H8BrCl2N3O2S/c15-10-7-19-14(13-9(10)2-1-5-18-13)20-23(21,22)8-3-4-11(16)12(17)6-8/h1-7H,(H,19,20). The van der Waals surface area contributed by atoms with E-state index in [2.05, 4.69) is 30.6 Å². The number of halogens is 3. The third-order valence-electron chi connectivity index (χ3n) is 3.03. The average Bonchev–Trinajstić information content (AvgIpc) is 2.53. The summed E-state index contributed by atoms with van der Waals surface area (Å²) in [5.41, 5.74) is 0.436.